The molecule has 1 atom stereocenters. The molecule has 3 aromatic rings. The van der Waals surface area contributed by atoms with Crippen molar-refractivity contribution in [1.29, 1.82) is 0 Å². The van der Waals surface area contributed by atoms with Gasteiger partial charge in [0.05, 0.1) is 31.3 Å². The summed E-state index contributed by atoms with van der Waals surface area (Å²) < 4.78 is 6.00. The molecular weight excluding hydrogens is 446 g/mol. The Morgan fingerprint density at radius 2 is 1.77 bits per heavy atom. The maximum atomic E-state index is 13.4. The van der Waals surface area contributed by atoms with Crippen molar-refractivity contribution in [1.82, 2.24) is 0 Å². The molecular formula is C24H20BrNO4. The average Bonchev–Trinajstić information content (AvgIpc) is 2.95. The van der Waals surface area contributed by atoms with Crippen molar-refractivity contribution in [2.75, 3.05) is 12.0 Å². The lowest BCUT2D eigenvalue weighted by Crippen LogP contribution is -2.41. The van der Waals surface area contributed by atoms with E-state index >= 15 is 0 Å². The van der Waals surface area contributed by atoms with Crippen LogP contribution in [0, 0.1) is 0 Å². The van der Waals surface area contributed by atoms with Gasteiger partial charge in [0, 0.05) is 10.0 Å². The summed E-state index contributed by atoms with van der Waals surface area (Å²) >= 11 is 3.41. The number of para-hydroxylation sites is 1. The number of nitrogens with zero attached hydrogens (tertiary/aromatic N) is 1. The highest BCUT2D eigenvalue weighted by molar-refractivity contribution is 9.10. The number of anilines is 1. The van der Waals surface area contributed by atoms with Crippen LogP contribution in [0.5, 0.6) is 5.75 Å². The van der Waals surface area contributed by atoms with E-state index in [0.717, 1.165) is 10.0 Å². The Balaban J connectivity index is 1.73. The van der Waals surface area contributed by atoms with E-state index < -0.39 is 11.5 Å². The van der Waals surface area contributed by atoms with Gasteiger partial charge in [0.15, 0.2) is 11.4 Å². The van der Waals surface area contributed by atoms with Gasteiger partial charge in [-0.15, -0.1) is 0 Å². The first-order valence-electron chi connectivity index (χ1n) is 9.48. The van der Waals surface area contributed by atoms with Crippen LogP contribution in [-0.4, -0.2) is 23.9 Å². The van der Waals surface area contributed by atoms with Crippen LogP contribution in [0.15, 0.2) is 77.3 Å². The molecule has 5 nitrogen and oxygen atoms in total. The number of halogens is 1. The quantitative estimate of drug-likeness (QED) is 0.545. The molecule has 0 saturated heterocycles. The fraction of sp³-hybridized carbons (Fsp3) is 0.167. The van der Waals surface area contributed by atoms with E-state index in [9.17, 15) is 14.7 Å². The lowest BCUT2D eigenvalue weighted by Gasteiger charge is -2.23. The van der Waals surface area contributed by atoms with Gasteiger partial charge in [-0.3, -0.25) is 9.59 Å². The van der Waals surface area contributed by atoms with Crippen molar-refractivity contribution in [3.63, 3.8) is 0 Å². The standard InChI is InChI=1S/C24H20BrNO4/c1-30-22-10-6-5-9-18(22)21(27)14-24(29)19-13-17(25)11-12-20(19)26(23(24)28)15-16-7-3-2-4-8-16/h2-13,29H,14-15H2,1H3. The summed E-state index contributed by atoms with van der Waals surface area (Å²) in [5.41, 5.74) is 0.328. The van der Waals surface area contributed by atoms with E-state index in [2.05, 4.69) is 15.9 Å². The van der Waals surface area contributed by atoms with Gasteiger partial charge in [0.2, 0.25) is 0 Å². The third-order valence-electron chi connectivity index (χ3n) is 5.30. The number of hydrogen-bond donors (Lipinski definition) is 1. The normalized spacial score (nSPS) is 17.7. The summed E-state index contributed by atoms with van der Waals surface area (Å²) in [5, 5.41) is 11.5. The van der Waals surface area contributed by atoms with Crippen LogP contribution in [0.2, 0.25) is 0 Å². The molecule has 1 aliphatic rings. The van der Waals surface area contributed by atoms with Crippen molar-refractivity contribution in [3.05, 3.63) is 94.0 Å². The number of rotatable bonds is 6. The van der Waals surface area contributed by atoms with Gasteiger partial charge in [-0.1, -0.05) is 58.4 Å². The largest absolute Gasteiger partial charge is 0.496 e. The van der Waals surface area contributed by atoms with Crippen LogP contribution >= 0.6 is 15.9 Å². The first-order valence-corrected chi connectivity index (χ1v) is 10.3. The predicted octanol–water partition coefficient (Wildman–Crippen LogP) is 4.47. The second kappa shape index (κ2) is 8.05. The van der Waals surface area contributed by atoms with E-state index in [0.29, 0.717) is 29.1 Å². The zero-order valence-corrected chi connectivity index (χ0v) is 17.9. The molecule has 0 aliphatic carbocycles. The van der Waals surface area contributed by atoms with Crippen LogP contribution in [0.1, 0.15) is 27.9 Å². The second-order valence-electron chi connectivity index (χ2n) is 7.20. The Kier molecular flexibility index (Phi) is 5.45. The molecule has 0 aromatic heterocycles. The van der Waals surface area contributed by atoms with Crippen LogP contribution in [0.4, 0.5) is 5.69 Å². The third-order valence-corrected chi connectivity index (χ3v) is 5.79. The van der Waals surface area contributed by atoms with Gasteiger partial charge in [-0.25, -0.2) is 0 Å². The summed E-state index contributed by atoms with van der Waals surface area (Å²) in [6.45, 7) is 0.305. The molecule has 0 fully saturated rings. The Bertz CT molecular complexity index is 1120. The lowest BCUT2D eigenvalue weighted by atomic mass is 9.88. The lowest BCUT2D eigenvalue weighted by molar-refractivity contribution is -0.136. The number of ketones is 1. The van der Waals surface area contributed by atoms with Crippen LogP contribution in [0.25, 0.3) is 0 Å². The van der Waals surface area contributed by atoms with E-state index in [4.69, 9.17) is 4.74 Å². The SMILES string of the molecule is COc1ccccc1C(=O)CC1(O)C(=O)N(Cc2ccccc2)c2ccc(Br)cc21. The van der Waals surface area contributed by atoms with Gasteiger partial charge in [-0.05, 0) is 35.9 Å². The molecule has 1 N–H and O–H groups in total. The molecule has 1 unspecified atom stereocenters. The van der Waals surface area contributed by atoms with Crippen LogP contribution < -0.4 is 9.64 Å². The molecule has 0 saturated carbocycles. The number of carbonyl (C=O) groups excluding carboxylic acids is 2. The highest BCUT2D eigenvalue weighted by Crippen LogP contribution is 2.45. The molecule has 152 valence electrons. The maximum Gasteiger partial charge on any atom is 0.264 e. The van der Waals surface area contributed by atoms with Crippen LogP contribution in [0.3, 0.4) is 0 Å². The minimum absolute atomic E-state index is 0.305. The van der Waals surface area contributed by atoms with Gasteiger partial charge < -0.3 is 14.7 Å². The summed E-state index contributed by atoms with van der Waals surface area (Å²) in [5.74, 6) is -0.467. The maximum absolute atomic E-state index is 13.4. The van der Waals surface area contributed by atoms with Crippen molar-refractivity contribution >= 4 is 33.3 Å². The van der Waals surface area contributed by atoms with Gasteiger partial charge in [-0.2, -0.15) is 0 Å². The number of Topliss-reactive ketones (excluding diaryl/α,β-unsaturated/α-hetero) is 1. The van der Waals surface area contributed by atoms with Gasteiger partial charge >= 0.3 is 0 Å². The van der Waals surface area contributed by atoms with E-state index in [1.807, 2.05) is 36.4 Å². The van der Waals surface area contributed by atoms with Crippen molar-refractivity contribution in [2.45, 2.75) is 18.6 Å². The molecule has 6 heteroatoms. The number of amides is 1. The summed E-state index contributed by atoms with van der Waals surface area (Å²) in [6.07, 6.45) is -0.374. The fourth-order valence-corrected chi connectivity index (χ4v) is 4.18. The smallest absolute Gasteiger partial charge is 0.264 e. The number of carbonyl (C=O) groups is 2. The Hall–Kier alpha value is -2.96. The van der Waals surface area contributed by atoms with E-state index in [-0.39, 0.29) is 12.2 Å². The molecule has 4 rings (SSSR count). The minimum atomic E-state index is -1.95. The number of aliphatic hydroxyl groups is 1. The highest BCUT2D eigenvalue weighted by Gasteiger charge is 2.51. The first kappa shape index (κ1) is 20.3. The monoisotopic (exact) mass is 465 g/mol. The first-order chi connectivity index (χ1) is 14.4. The summed E-state index contributed by atoms with van der Waals surface area (Å²) in [4.78, 5) is 28.0. The van der Waals surface area contributed by atoms with E-state index in [1.165, 1.54) is 12.0 Å². The number of hydrogen-bond acceptors (Lipinski definition) is 4. The topological polar surface area (TPSA) is 66.8 Å². The number of fused-ring (bicyclic) bond motifs is 1. The number of methoxy groups -OCH3 is 1. The van der Waals surface area contributed by atoms with Crippen molar-refractivity contribution < 1.29 is 19.4 Å². The highest BCUT2D eigenvalue weighted by atomic mass is 79.9. The molecule has 1 amide bonds. The molecule has 0 spiro atoms. The molecule has 0 radical (unpaired) electrons. The molecule has 3 aromatic carbocycles. The zero-order valence-electron chi connectivity index (χ0n) is 16.3. The average molecular weight is 466 g/mol. The van der Waals surface area contributed by atoms with E-state index in [1.54, 1.807) is 36.4 Å². The van der Waals surface area contributed by atoms with Crippen molar-refractivity contribution in [3.8, 4) is 5.75 Å². The molecule has 1 aliphatic heterocycles. The number of ether oxygens (including phenoxy) is 1. The number of benzene rings is 3. The molecule has 0 bridgehead atoms. The Labute approximate surface area is 183 Å². The minimum Gasteiger partial charge on any atom is -0.496 e. The van der Waals surface area contributed by atoms with Crippen LogP contribution in [-0.2, 0) is 16.9 Å². The van der Waals surface area contributed by atoms with Gasteiger partial charge in [0.1, 0.15) is 5.75 Å². The molecule has 30 heavy (non-hydrogen) atoms. The second-order valence-corrected chi connectivity index (χ2v) is 8.11. The Morgan fingerprint density at radius 3 is 2.50 bits per heavy atom. The summed E-state index contributed by atoms with van der Waals surface area (Å²) in [7, 11) is 1.48. The summed E-state index contributed by atoms with van der Waals surface area (Å²) in [6, 6.07) is 21.6. The third kappa shape index (κ3) is 3.53. The molecule has 1 heterocycles. The fourth-order valence-electron chi connectivity index (χ4n) is 3.82. The zero-order chi connectivity index (χ0) is 21.3. The van der Waals surface area contributed by atoms with Crippen molar-refractivity contribution in [2.24, 2.45) is 0 Å². The Morgan fingerprint density at radius 1 is 1.07 bits per heavy atom. The van der Waals surface area contributed by atoms with Gasteiger partial charge in [0.25, 0.3) is 5.91 Å². The predicted molar refractivity (Wildman–Crippen MR) is 118 cm³/mol.